The Bertz CT molecular complexity index is 1130. The fraction of sp³-hybridized carbons (Fsp3) is 0. The van der Waals surface area contributed by atoms with Crippen LogP contribution in [0.1, 0.15) is 16.2 Å². The number of carbonyl (C=O) groups is 3. The molecule has 8 nitrogen and oxygen atoms in total. The lowest BCUT2D eigenvalue weighted by Gasteiger charge is -2.05. The van der Waals surface area contributed by atoms with E-state index in [-0.39, 0.29) is 16.5 Å². The van der Waals surface area contributed by atoms with Crippen LogP contribution < -0.4 is 10.6 Å². The summed E-state index contributed by atoms with van der Waals surface area (Å²) >= 11 is 0.790. The zero-order valence-corrected chi connectivity index (χ0v) is 14.5. The van der Waals surface area contributed by atoms with Crippen molar-refractivity contribution in [1.29, 1.82) is 0 Å². The van der Waals surface area contributed by atoms with Gasteiger partial charge in [0.15, 0.2) is 0 Å². The number of para-hydroxylation sites is 1. The minimum Gasteiger partial charge on any atom is -0.289 e. The number of anilines is 1. The molecule has 1 aromatic carbocycles. The van der Waals surface area contributed by atoms with Crippen LogP contribution in [0.15, 0.2) is 53.6 Å². The van der Waals surface area contributed by atoms with Gasteiger partial charge < -0.3 is 0 Å². The highest BCUT2D eigenvalue weighted by Gasteiger charge is 2.25. The molecule has 3 heterocycles. The molecule has 0 bridgehead atoms. The average molecular weight is 377 g/mol. The number of aromatic nitrogens is 3. The molecule has 9 heteroatoms. The molecule has 3 amide bonds. The van der Waals surface area contributed by atoms with E-state index in [1.807, 2.05) is 30.3 Å². The minimum absolute atomic E-state index is 0.0686. The standard InChI is InChI=1S/C18H11N5O3S/c24-15(13-6-5-10-3-1-2-4-12(10)21-13)22-17-19-8-7-11(20-17)9-14-16(25)23-18(26)27-14/h1-9H,(H,23,25,26)(H,19,20,22,24)/b14-9+. The van der Waals surface area contributed by atoms with E-state index in [4.69, 9.17) is 0 Å². The smallest absolute Gasteiger partial charge is 0.289 e. The zero-order chi connectivity index (χ0) is 18.8. The molecule has 2 N–H and O–H groups in total. The molecule has 0 saturated carbocycles. The van der Waals surface area contributed by atoms with E-state index < -0.39 is 17.1 Å². The van der Waals surface area contributed by atoms with E-state index in [2.05, 4.69) is 25.6 Å². The fourth-order valence-corrected chi connectivity index (χ4v) is 3.09. The van der Waals surface area contributed by atoms with Crippen LogP contribution in [0, 0.1) is 0 Å². The normalized spacial score (nSPS) is 15.2. The summed E-state index contributed by atoms with van der Waals surface area (Å²) in [4.78, 5) is 48.0. The maximum absolute atomic E-state index is 12.4. The highest BCUT2D eigenvalue weighted by molar-refractivity contribution is 8.18. The Hall–Kier alpha value is -3.59. The molecule has 4 rings (SSSR count). The van der Waals surface area contributed by atoms with Gasteiger partial charge >= 0.3 is 0 Å². The van der Waals surface area contributed by atoms with Gasteiger partial charge in [-0.25, -0.2) is 15.0 Å². The molecule has 132 valence electrons. The maximum atomic E-state index is 12.4. The Balaban J connectivity index is 1.55. The van der Waals surface area contributed by atoms with Crippen LogP contribution in [0.3, 0.4) is 0 Å². The number of pyridine rings is 1. The molecule has 27 heavy (non-hydrogen) atoms. The SMILES string of the molecule is O=C1NC(=O)/C(=C\c2ccnc(NC(=O)c3ccc4ccccc4n3)n2)S1. The Kier molecular flexibility index (Phi) is 4.35. The van der Waals surface area contributed by atoms with Crippen molar-refractivity contribution in [2.45, 2.75) is 0 Å². The van der Waals surface area contributed by atoms with Crippen LogP contribution in [-0.4, -0.2) is 32.0 Å². The van der Waals surface area contributed by atoms with Gasteiger partial charge in [0.1, 0.15) is 5.69 Å². The molecule has 1 saturated heterocycles. The van der Waals surface area contributed by atoms with Crippen molar-refractivity contribution in [2.24, 2.45) is 0 Å². The largest absolute Gasteiger partial charge is 0.290 e. The minimum atomic E-state index is -0.477. The van der Waals surface area contributed by atoms with Gasteiger partial charge in [0.2, 0.25) is 5.95 Å². The summed E-state index contributed by atoms with van der Waals surface area (Å²) < 4.78 is 0. The summed E-state index contributed by atoms with van der Waals surface area (Å²) in [5.74, 6) is -0.859. The summed E-state index contributed by atoms with van der Waals surface area (Å²) in [5, 5.41) is 5.24. The van der Waals surface area contributed by atoms with E-state index >= 15 is 0 Å². The van der Waals surface area contributed by atoms with Crippen molar-refractivity contribution in [3.05, 3.63) is 65.0 Å². The lowest BCUT2D eigenvalue weighted by molar-refractivity contribution is -0.115. The lowest BCUT2D eigenvalue weighted by Crippen LogP contribution is -2.18. The third-order valence-electron chi connectivity index (χ3n) is 3.65. The first-order valence-electron chi connectivity index (χ1n) is 7.83. The van der Waals surface area contributed by atoms with Gasteiger partial charge in [0.25, 0.3) is 17.1 Å². The van der Waals surface area contributed by atoms with Crippen molar-refractivity contribution >= 4 is 51.7 Å². The molecule has 1 aliphatic rings. The van der Waals surface area contributed by atoms with Gasteiger partial charge in [0, 0.05) is 11.6 Å². The average Bonchev–Trinajstić information content (AvgIpc) is 2.98. The third-order valence-corrected chi connectivity index (χ3v) is 4.47. The second-order valence-electron chi connectivity index (χ2n) is 5.50. The summed E-state index contributed by atoms with van der Waals surface area (Å²) in [7, 11) is 0. The number of imide groups is 1. The quantitative estimate of drug-likeness (QED) is 0.674. The van der Waals surface area contributed by atoms with Gasteiger partial charge in [-0.2, -0.15) is 0 Å². The van der Waals surface area contributed by atoms with Gasteiger partial charge in [-0.3, -0.25) is 25.0 Å². The number of nitrogens with one attached hydrogen (secondary N) is 2. The Morgan fingerprint density at radius 1 is 1.07 bits per heavy atom. The van der Waals surface area contributed by atoms with Crippen LogP contribution in [0.2, 0.25) is 0 Å². The van der Waals surface area contributed by atoms with Crippen molar-refractivity contribution < 1.29 is 14.4 Å². The Labute approximate surface area is 157 Å². The number of thioether (sulfide) groups is 1. The van der Waals surface area contributed by atoms with E-state index in [0.717, 1.165) is 17.1 Å². The van der Waals surface area contributed by atoms with E-state index in [1.165, 1.54) is 12.3 Å². The van der Waals surface area contributed by atoms with Crippen molar-refractivity contribution in [2.75, 3.05) is 5.32 Å². The summed E-state index contributed by atoms with van der Waals surface area (Å²) in [6.07, 6.45) is 2.90. The van der Waals surface area contributed by atoms with Crippen molar-refractivity contribution in [3.63, 3.8) is 0 Å². The molecule has 0 atom stereocenters. The van der Waals surface area contributed by atoms with Gasteiger partial charge in [-0.15, -0.1) is 0 Å². The zero-order valence-electron chi connectivity index (χ0n) is 13.7. The monoisotopic (exact) mass is 377 g/mol. The second kappa shape index (κ2) is 6.96. The van der Waals surface area contributed by atoms with Crippen LogP contribution in [0.25, 0.3) is 17.0 Å². The first-order valence-corrected chi connectivity index (χ1v) is 8.65. The maximum Gasteiger partial charge on any atom is 0.290 e. The van der Waals surface area contributed by atoms with Crippen LogP contribution >= 0.6 is 11.8 Å². The summed E-state index contributed by atoms with van der Waals surface area (Å²) in [6, 6.07) is 12.5. The highest BCUT2D eigenvalue weighted by atomic mass is 32.2. The Morgan fingerprint density at radius 2 is 1.93 bits per heavy atom. The molecule has 1 aliphatic heterocycles. The molecule has 3 aromatic rings. The third kappa shape index (κ3) is 3.67. The van der Waals surface area contributed by atoms with Crippen LogP contribution in [0.5, 0.6) is 0 Å². The number of nitrogens with zero attached hydrogens (tertiary/aromatic N) is 3. The number of carbonyl (C=O) groups excluding carboxylic acids is 3. The predicted octanol–water partition coefficient (Wildman–Crippen LogP) is 2.60. The Morgan fingerprint density at radius 3 is 2.74 bits per heavy atom. The molecule has 2 aromatic heterocycles. The van der Waals surface area contributed by atoms with Gasteiger partial charge in [-0.05, 0) is 36.0 Å². The lowest BCUT2D eigenvalue weighted by atomic mass is 10.2. The summed E-state index contributed by atoms with van der Waals surface area (Å²) in [6.45, 7) is 0. The second-order valence-corrected chi connectivity index (χ2v) is 6.52. The molecule has 0 aliphatic carbocycles. The van der Waals surface area contributed by atoms with Crippen LogP contribution in [0.4, 0.5) is 10.7 Å². The van der Waals surface area contributed by atoms with E-state index in [9.17, 15) is 14.4 Å². The molecular weight excluding hydrogens is 366 g/mol. The van der Waals surface area contributed by atoms with Gasteiger partial charge in [-0.1, -0.05) is 24.3 Å². The van der Waals surface area contributed by atoms with Gasteiger partial charge in [0.05, 0.1) is 16.1 Å². The first kappa shape index (κ1) is 16.9. The molecule has 1 fully saturated rings. The molecule has 0 radical (unpaired) electrons. The van der Waals surface area contributed by atoms with E-state index in [0.29, 0.717) is 11.2 Å². The summed E-state index contributed by atoms with van der Waals surface area (Å²) in [5.41, 5.74) is 1.33. The fourth-order valence-electron chi connectivity index (χ4n) is 2.43. The number of hydrogen-bond donors (Lipinski definition) is 2. The number of fused-ring (bicyclic) bond motifs is 1. The number of benzene rings is 1. The van der Waals surface area contributed by atoms with Crippen molar-refractivity contribution in [3.8, 4) is 0 Å². The topological polar surface area (TPSA) is 114 Å². The van der Waals surface area contributed by atoms with Crippen molar-refractivity contribution in [1.82, 2.24) is 20.3 Å². The predicted molar refractivity (Wildman–Crippen MR) is 101 cm³/mol. The molecule has 0 spiro atoms. The number of hydrogen-bond acceptors (Lipinski definition) is 7. The van der Waals surface area contributed by atoms with E-state index in [1.54, 1.807) is 12.1 Å². The molecule has 0 unspecified atom stereocenters. The highest BCUT2D eigenvalue weighted by Crippen LogP contribution is 2.25. The first-order chi connectivity index (χ1) is 13.1. The number of amides is 3. The number of rotatable bonds is 3. The molecular formula is C18H11N5O3S. The van der Waals surface area contributed by atoms with Crippen LogP contribution in [-0.2, 0) is 4.79 Å².